The van der Waals surface area contributed by atoms with Crippen molar-refractivity contribution in [1.82, 2.24) is 10.2 Å². The maximum Gasteiger partial charge on any atom is 0.247 e. The van der Waals surface area contributed by atoms with E-state index in [1.165, 1.54) is 12.8 Å². The summed E-state index contributed by atoms with van der Waals surface area (Å²) >= 11 is 2.18. The highest BCUT2D eigenvalue weighted by molar-refractivity contribution is 14.1. The molecule has 0 heterocycles. The van der Waals surface area contributed by atoms with Crippen LogP contribution in [0.15, 0.2) is 35.9 Å². The van der Waals surface area contributed by atoms with E-state index in [-0.39, 0.29) is 31.4 Å². The van der Waals surface area contributed by atoms with Crippen LogP contribution in [-0.2, 0) is 9.59 Å². The van der Waals surface area contributed by atoms with Gasteiger partial charge in [-0.3, -0.25) is 9.59 Å². The number of amides is 2. The van der Waals surface area contributed by atoms with Crippen LogP contribution in [0.25, 0.3) is 0 Å². The third-order valence-corrected chi connectivity index (χ3v) is 7.81. The molecule has 2 aliphatic carbocycles. The van der Waals surface area contributed by atoms with Crippen molar-refractivity contribution in [3.05, 3.63) is 39.5 Å². The quantitative estimate of drug-likeness (QED) is 0.338. The van der Waals surface area contributed by atoms with Gasteiger partial charge in [-0.25, -0.2) is 0 Å². The van der Waals surface area contributed by atoms with Crippen molar-refractivity contribution in [3.8, 4) is 5.75 Å². The Hall–Kier alpha value is -1.65. The van der Waals surface area contributed by atoms with Gasteiger partial charge >= 0.3 is 0 Å². The molecule has 3 atom stereocenters. The summed E-state index contributed by atoms with van der Waals surface area (Å²) in [6, 6.07) is 6.96. The van der Waals surface area contributed by atoms with Crippen molar-refractivity contribution < 1.29 is 24.5 Å². The summed E-state index contributed by atoms with van der Waals surface area (Å²) in [5, 5.41) is 23.3. The van der Waals surface area contributed by atoms with Crippen LogP contribution >= 0.6 is 22.6 Å². The maximum absolute atomic E-state index is 13.5. The predicted octanol–water partition coefficient (Wildman–Crippen LogP) is 3.66. The summed E-state index contributed by atoms with van der Waals surface area (Å²) < 4.78 is 7.10. The zero-order valence-corrected chi connectivity index (χ0v) is 22.9. The smallest absolute Gasteiger partial charge is 0.247 e. The zero-order chi connectivity index (χ0) is 25.4. The van der Waals surface area contributed by atoms with Gasteiger partial charge in [0.25, 0.3) is 0 Å². The number of rotatable bonds is 11. The van der Waals surface area contributed by atoms with Gasteiger partial charge in [0.1, 0.15) is 18.0 Å². The van der Waals surface area contributed by atoms with Gasteiger partial charge in [0.05, 0.1) is 16.2 Å². The first kappa shape index (κ1) is 27.9. The molecule has 0 bridgehead atoms. The molecule has 1 aromatic rings. The summed E-state index contributed by atoms with van der Waals surface area (Å²) in [6.45, 7) is 4.75. The largest absolute Gasteiger partial charge is 0.482 e. The molecule has 7 nitrogen and oxygen atoms in total. The summed E-state index contributed by atoms with van der Waals surface area (Å²) in [5.41, 5.74) is 0.466. The molecule has 194 valence electrons. The predicted molar refractivity (Wildman–Crippen MR) is 144 cm³/mol. The summed E-state index contributed by atoms with van der Waals surface area (Å²) in [5.74, 6) is 1.16. The Morgan fingerprint density at radius 1 is 1.23 bits per heavy atom. The fourth-order valence-electron chi connectivity index (χ4n) is 4.92. The molecule has 1 saturated carbocycles. The van der Waals surface area contributed by atoms with E-state index in [0.29, 0.717) is 36.1 Å². The fraction of sp³-hybridized carbons (Fsp3) is 0.630. The summed E-state index contributed by atoms with van der Waals surface area (Å²) in [4.78, 5) is 28.2. The number of carbonyl (C=O) groups is 2. The van der Waals surface area contributed by atoms with Crippen LogP contribution in [-0.4, -0.2) is 64.9 Å². The Bertz CT molecular complexity index is 884. The third-order valence-electron chi connectivity index (χ3n) is 6.92. The Morgan fingerprint density at radius 2 is 1.94 bits per heavy atom. The number of aliphatic hydroxyl groups excluding tert-OH is 2. The Labute approximate surface area is 222 Å². The van der Waals surface area contributed by atoms with Crippen LogP contribution in [0.4, 0.5) is 0 Å². The zero-order valence-electron chi connectivity index (χ0n) is 20.8. The van der Waals surface area contributed by atoms with Gasteiger partial charge in [-0.2, -0.15) is 0 Å². The number of nitrogens with one attached hydrogen (secondary N) is 1. The van der Waals surface area contributed by atoms with Crippen molar-refractivity contribution in [2.24, 2.45) is 11.8 Å². The van der Waals surface area contributed by atoms with Crippen molar-refractivity contribution in [2.45, 2.75) is 77.0 Å². The van der Waals surface area contributed by atoms with Crippen LogP contribution in [0.1, 0.15) is 58.8 Å². The topological polar surface area (TPSA) is 99.1 Å². The average Bonchev–Trinajstić information content (AvgIpc) is 3.33. The van der Waals surface area contributed by atoms with E-state index in [2.05, 4.69) is 41.8 Å². The Kier molecular flexibility index (Phi) is 10.9. The fourth-order valence-corrected chi connectivity index (χ4v) is 5.43. The summed E-state index contributed by atoms with van der Waals surface area (Å²) in [6.07, 6.45) is 5.95. The second kappa shape index (κ2) is 13.6. The molecule has 2 aliphatic rings. The van der Waals surface area contributed by atoms with Gasteiger partial charge < -0.3 is 25.2 Å². The minimum absolute atomic E-state index is 0.0478. The molecule has 0 unspecified atom stereocenters. The molecule has 1 fully saturated rings. The lowest BCUT2D eigenvalue weighted by molar-refractivity contribution is -0.139. The molecule has 0 aliphatic heterocycles. The maximum atomic E-state index is 13.5. The molecule has 0 radical (unpaired) electrons. The minimum atomic E-state index is -0.972. The number of aliphatic hydroxyl groups is 2. The first-order valence-corrected chi connectivity index (χ1v) is 13.9. The van der Waals surface area contributed by atoms with Crippen molar-refractivity contribution in [3.63, 3.8) is 0 Å². The number of para-hydroxylation sites is 1. The molecule has 0 aromatic heterocycles. The van der Waals surface area contributed by atoms with Crippen LogP contribution in [0.3, 0.4) is 0 Å². The van der Waals surface area contributed by atoms with Crippen molar-refractivity contribution in [2.75, 3.05) is 19.7 Å². The lowest BCUT2D eigenvalue weighted by Crippen LogP contribution is -2.55. The van der Waals surface area contributed by atoms with Gasteiger partial charge in [0.2, 0.25) is 11.8 Å². The number of benzene rings is 1. The van der Waals surface area contributed by atoms with E-state index in [4.69, 9.17) is 9.84 Å². The molecular weight excluding hydrogens is 559 g/mol. The van der Waals surface area contributed by atoms with Gasteiger partial charge in [0, 0.05) is 31.5 Å². The van der Waals surface area contributed by atoms with E-state index >= 15 is 0 Å². The molecule has 0 saturated heterocycles. The average molecular weight is 599 g/mol. The van der Waals surface area contributed by atoms with E-state index in [9.17, 15) is 14.7 Å². The van der Waals surface area contributed by atoms with E-state index in [0.717, 1.165) is 22.8 Å². The van der Waals surface area contributed by atoms with Crippen molar-refractivity contribution >= 4 is 34.4 Å². The van der Waals surface area contributed by atoms with Gasteiger partial charge in [0.15, 0.2) is 0 Å². The molecule has 8 heteroatoms. The van der Waals surface area contributed by atoms with Crippen LogP contribution in [0.5, 0.6) is 5.75 Å². The number of halogens is 1. The Morgan fingerprint density at radius 3 is 2.60 bits per heavy atom. The number of carbonyl (C=O) groups excluding carboxylic acids is 2. The first-order chi connectivity index (χ1) is 16.8. The van der Waals surface area contributed by atoms with Crippen LogP contribution in [0, 0.1) is 15.4 Å². The number of nitrogens with zero attached hydrogens (tertiary/aromatic N) is 1. The van der Waals surface area contributed by atoms with Gasteiger partial charge in [-0.15, -0.1) is 0 Å². The Balaban J connectivity index is 1.89. The molecule has 3 N–H and O–H groups in total. The first-order valence-electron chi connectivity index (χ1n) is 12.8. The normalized spacial score (nSPS) is 22.7. The lowest BCUT2D eigenvalue weighted by atomic mass is 9.87. The van der Waals surface area contributed by atoms with Gasteiger partial charge in [-0.05, 0) is 71.9 Å². The minimum Gasteiger partial charge on any atom is -0.482 e. The second-order valence-corrected chi connectivity index (χ2v) is 11.2. The monoisotopic (exact) mass is 598 g/mol. The third kappa shape index (κ3) is 7.92. The lowest BCUT2D eigenvalue weighted by Gasteiger charge is -2.41. The number of ether oxygens (including phenoxy) is 1. The number of hydrogen-bond donors (Lipinski definition) is 3. The molecular formula is C27H39IN2O5. The standard InChI is InChI=1S/C27H39IN2O5/c1-18(2)11-13-30(25(32)15-19-7-3-4-8-19)22-16-20(27(34)29-12-14-31)17-24(26(22)33)35-23-10-6-5-9-21(23)28/h5-6,9-10,17-19,22,24,26,31,33H,3-4,7-8,11-16H2,1-2H3,(H,29,34)/t22-,24+,26+/m1/s1. The van der Waals surface area contributed by atoms with E-state index in [1.807, 2.05) is 29.2 Å². The van der Waals surface area contributed by atoms with Gasteiger partial charge in [-0.1, -0.05) is 38.8 Å². The molecule has 1 aromatic carbocycles. The second-order valence-electron chi connectivity index (χ2n) is 10.1. The van der Waals surface area contributed by atoms with Crippen LogP contribution in [0.2, 0.25) is 0 Å². The summed E-state index contributed by atoms with van der Waals surface area (Å²) in [7, 11) is 0. The van der Waals surface area contributed by atoms with E-state index < -0.39 is 18.2 Å². The SMILES string of the molecule is CC(C)CCN(C(=O)CC1CCCC1)[C@@H]1CC(C(=O)NCCO)=C[C@H](Oc2ccccc2I)[C@H]1O. The highest BCUT2D eigenvalue weighted by Gasteiger charge is 2.40. The van der Waals surface area contributed by atoms with Crippen molar-refractivity contribution in [1.29, 1.82) is 0 Å². The highest BCUT2D eigenvalue weighted by Crippen LogP contribution is 2.32. The molecule has 0 spiro atoms. The van der Waals surface area contributed by atoms with E-state index in [1.54, 1.807) is 6.08 Å². The molecule has 35 heavy (non-hydrogen) atoms. The number of hydrogen-bond acceptors (Lipinski definition) is 5. The highest BCUT2D eigenvalue weighted by atomic mass is 127. The molecule has 3 rings (SSSR count). The molecule has 2 amide bonds. The van der Waals surface area contributed by atoms with Crippen LogP contribution < -0.4 is 10.1 Å².